The molecule has 0 unspecified atom stereocenters. The standard InChI is InChI=1S/C11H18IO2/c1-9(2)10-3-4-11(5-6-12-10)13-7-8-14-11/h3-8H2,1-2H3/q-1. The van der Waals surface area contributed by atoms with Gasteiger partial charge >= 0.3 is 96.4 Å². The first kappa shape index (κ1) is 10.9. The molecule has 2 aliphatic rings. The van der Waals surface area contributed by atoms with Crippen molar-refractivity contribution in [3.8, 4) is 0 Å². The zero-order valence-electron chi connectivity index (χ0n) is 8.94. The molecule has 82 valence electrons. The van der Waals surface area contributed by atoms with Crippen LogP contribution in [-0.2, 0) is 9.47 Å². The van der Waals surface area contributed by atoms with Gasteiger partial charge in [-0.2, -0.15) is 0 Å². The van der Waals surface area contributed by atoms with Gasteiger partial charge in [-0.1, -0.05) is 0 Å². The Morgan fingerprint density at radius 2 is 1.93 bits per heavy atom. The van der Waals surface area contributed by atoms with Gasteiger partial charge in [0.2, 0.25) is 0 Å². The summed E-state index contributed by atoms with van der Waals surface area (Å²) in [6.07, 6.45) is 3.40. The molecule has 1 spiro atoms. The average molecular weight is 309 g/mol. The van der Waals surface area contributed by atoms with Crippen molar-refractivity contribution in [1.82, 2.24) is 0 Å². The third-order valence-corrected chi connectivity index (χ3v) is 6.43. The van der Waals surface area contributed by atoms with Crippen LogP contribution < -0.4 is 21.2 Å². The molecular formula is C11H18IO2-. The van der Waals surface area contributed by atoms with Crippen LogP contribution in [-0.4, -0.2) is 23.4 Å². The predicted octanol–water partition coefficient (Wildman–Crippen LogP) is -0.704. The van der Waals surface area contributed by atoms with Crippen LogP contribution in [0.3, 0.4) is 0 Å². The fraction of sp³-hybridized carbons (Fsp3) is 0.818. The summed E-state index contributed by atoms with van der Waals surface area (Å²) in [6.45, 7) is 6.07. The van der Waals surface area contributed by atoms with Crippen LogP contribution in [0, 0.1) is 0 Å². The number of rotatable bonds is 0. The van der Waals surface area contributed by atoms with Crippen LogP contribution >= 0.6 is 0 Å². The minimum absolute atomic E-state index is 0.184. The second kappa shape index (κ2) is 4.49. The minimum atomic E-state index is -0.184. The Bertz CT molecular complexity index is 238. The van der Waals surface area contributed by atoms with E-state index >= 15 is 0 Å². The van der Waals surface area contributed by atoms with Crippen LogP contribution in [0.2, 0.25) is 0 Å². The number of allylic oxidation sites excluding steroid dienone is 2. The fourth-order valence-corrected chi connectivity index (χ4v) is 5.12. The molecule has 2 aliphatic heterocycles. The van der Waals surface area contributed by atoms with E-state index < -0.39 is 0 Å². The first-order valence-corrected chi connectivity index (χ1v) is 7.86. The average Bonchev–Trinajstić information content (AvgIpc) is 2.47. The molecule has 14 heavy (non-hydrogen) atoms. The quantitative estimate of drug-likeness (QED) is 0.435. The van der Waals surface area contributed by atoms with E-state index in [1.54, 1.807) is 3.58 Å². The zero-order valence-corrected chi connectivity index (χ0v) is 11.1. The Balaban J connectivity index is 2.04. The van der Waals surface area contributed by atoms with Gasteiger partial charge in [0.1, 0.15) is 0 Å². The fourth-order valence-electron chi connectivity index (χ4n) is 1.97. The molecule has 3 heteroatoms. The van der Waals surface area contributed by atoms with Gasteiger partial charge in [0.05, 0.1) is 0 Å². The van der Waals surface area contributed by atoms with Gasteiger partial charge in [0.15, 0.2) is 0 Å². The topological polar surface area (TPSA) is 18.5 Å². The number of hydrogen-bond donors (Lipinski definition) is 0. The Morgan fingerprint density at radius 1 is 1.21 bits per heavy atom. The van der Waals surface area contributed by atoms with E-state index in [9.17, 15) is 0 Å². The van der Waals surface area contributed by atoms with E-state index in [2.05, 4.69) is 13.8 Å². The molecule has 0 aromatic heterocycles. The summed E-state index contributed by atoms with van der Waals surface area (Å²) in [5, 5.41) is 0. The number of halogens is 1. The molecule has 0 amide bonds. The van der Waals surface area contributed by atoms with Gasteiger partial charge in [0.25, 0.3) is 0 Å². The second-order valence-corrected chi connectivity index (χ2v) is 7.23. The third-order valence-electron chi connectivity index (χ3n) is 2.81. The normalized spacial score (nSPS) is 27.1. The molecule has 2 fully saturated rings. The van der Waals surface area contributed by atoms with Crippen LogP contribution in [0.15, 0.2) is 9.15 Å². The maximum absolute atomic E-state index is 5.76. The van der Waals surface area contributed by atoms with Gasteiger partial charge in [-0.25, -0.2) is 0 Å². The summed E-state index contributed by atoms with van der Waals surface area (Å²) in [5.41, 5.74) is 1.54. The molecular weight excluding hydrogens is 291 g/mol. The van der Waals surface area contributed by atoms with Crippen molar-refractivity contribution < 1.29 is 30.7 Å². The first-order chi connectivity index (χ1) is 6.72. The molecule has 0 saturated carbocycles. The van der Waals surface area contributed by atoms with Gasteiger partial charge in [-0.05, 0) is 0 Å². The van der Waals surface area contributed by atoms with Gasteiger partial charge in [-0.3, -0.25) is 0 Å². The van der Waals surface area contributed by atoms with Gasteiger partial charge in [0, 0.05) is 0 Å². The monoisotopic (exact) mass is 309 g/mol. The van der Waals surface area contributed by atoms with E-state index in [0.717, 1.165) is 26.1 Å². The summed E-state index contributed by atoms with van der Waals surface area (Å²) < 4.78 is 14.6. The van der Waals surface area contributed by atoms with Crippen molar-refractivity contribution in [2.45, 2.75) is 38.9 Å². The molecule has 0 bridgehead atoms. The molecule has 2 nitrogen and oxygen atoms in total. The molecule has 2 heterocycles. The van der Waals surface area contributed by atoms with Crippen molar-refractivity contribution in [3.63, 3.8) is 0 Å². The van der Waals surface area contributed by atoms with Crippen LogP contribution in [0.5, 0.6) is 0 Å². The zero-order chi connectivity index (χ0) is 10.0. The Hall–Kier alpha value is 0.390. The molecule has 0 radical (unpaired) electrons. The van der Waals surface area contributed by atoms with E-state index in [1.165, 1.54) is 16.4 Å². The van der Waals surface area contributed by atoms with Gasteiger partial charge < -0.3 is 0 Å². The van der Waals surface area contributed by atoms with Crippen LogP contribution in [0.1, 0.15) is 33.1 Å². The van der Waals surface area contributed by atoms with E-state index in [-0.39, 0.29) is 27.0 Å². The summed E-state index contributed by atoms with van der Waals surface area (Å²) in [4.78, 5) is 0. The summed E-state index contributed by atoms with van der Waals surface area (Å²) in [6, 6.07) is 0. The van der Waals surface area contributed by atoms with Crippen molar-refractivity contribution >= 4 is 0 Å². The van der Waals surface area contributed by atoms with Crippen molar-refractivity contribution in [3.05, 3.63) is 9.15 Å². The first-order valence-electron chi connectivity index (χ1n) is 5.25. The van der Waals surface area contributed by atoms with Crippen molar-refractivity contribution in [1.29, 1.82) is 0 Å². The number of alkyl halides is 1. The predicted molar refractivity (Wildman–Crippen MR) is 51.7 cm³/mol. The molecule has 2 rings (SSSR count). The second-order valence-electron chi connectivity index (χ2n) is 4.09. The summed E-state index contributed by atoms with van der Waals surface area (Å²) >= 11 is 0.257. The number of hydrogen-bond acceptors (Lipinski definition) is 2. The Morgan fingerprint density at radius 3 is 2.57 bits per heavy atom. The van der Waals surface area contributed by atoms with Crippen molar-refractivity contribution in [2.24, 2.45) is 0 Å². The van der Waals surface area contributed by atoms with Gasteiger partial charge in [-0.15, -0.1) is 0 Å². The Labute approximate surface area is 96.3 Å². The molecule has 2 saturated heterocycles. The third kappa shape index (κ3) is 2.31. The summed E-state index contributed by atoms with van der Waals surface area (Å²) in [7, 11) is 0. The number of ether oxygens (including phenoxy) is 2. The van der Waals surface area contributed by atoms with E-state index in [4.69, 9.17) is 9.47 Å². The van der Waals surface area contributed by atoms with E-state index in [0.29, 0.717) is 0 Å². The van der Waals surface area contributed by atoms with Crippen LogP contribution in [0.25, 0.3) is 0 Å². The molecule has 0 aromatic rings. The molecule has 0 aromatic carbocycles. The van der Waals surface area contributed by atoms with Crippen molar-refractivity contribution in [2.75, 3.05) is 17.6 Å². The van der Waals surface area contributed by atoms with E-state index in [1.807, 2.05) is 0 Å². The SMILES string of the molecule is CC(C)=C1CCC2(CC[I-]1)OCCO2. The maximum atomic E-state index is 5.76. The summed E-state index contributed by atoms with van der Waals surface area (Å²) in [5.74, 6) is -0.184. The molecule has 0 N–H and O–H groups in total. The Kier molecular flexibility index (Phi) is 3.50. The van der Waals surface area contributed by atoms with Crippen LogP contribution in [0.4, 0.5) is 0 Å². The molecule has 0 aliphatic carbocycles. The molecule has 0 atom stereocenters.